The number of nitriles is 1. The molecular formula is C23H26F4N4O3. The molecule has 2 amide bonds. The Morgan fingerprint density at radius 1 is 1.12 bits per heavy atom. The number of carbonyl (C=O) groups excluding carboxylic acids is 2. The Balaban J connectivity index is 1.30. The molecule has 1 heterocycles. The molecule has 4 aliphatic rings. The van der Waals surface area contributed by atoms with Gasteiger partial charge in [0.15, 0.2) is 0 Å². The molecule has 1 saturated heterocycles. The Hall–Kier alpha value is -2.87. The number of benzene rings is 1. The number of hydrogen-bond acceptors (Lipinski definition) is 5. The van der Waals surface area contributed by atoms with Gasteiger partial charge >= 0.3 is 6.36 Å². The van der Waals surface area contributed by atoms with Crippen LogP contribution in [-0.2, 0) is 9.59 Å². The van der Waals surface area contributed by atoms with E-state index in [-0.39, 0.29) is 42.6 Å². The summed E-state index contributed by atoms with van der Waals surface area (Å²) >= 11 is 0. The predicted molar refractivity (Wildman–Crippen MR) is 113 cm³/mol. The molecule has 2 N–H and O–H groups in total. The highest BCUT2D eigenvalue weighted by Crippen LogP contribution is 2.52. The minimum absolute atomic E-state index is 0.0242. The van der Waals surface area contributed by atoms with Crippen molar-refractivity contribution in [3.8, 4) is 11.8 Å². The molecule has 11 heteroatoms. The summed E-state index contributed by atoms with van der Waals surface area (Å²) in [6.07, 6.45) is -1.98. The van der Waals surface area contributed by atoms with E-state index in [2.05, 4.69) is 15.4 Å². The average molecular weight is 482 g/mol. The number of nitrogens with zero attached hydrogens (tertiary/aromatic N) is 2. The van der Waals surface area contributed by atoms with Crippen LogP contribution in [0.1, 0.15) is 44.9 Å². The van der Waals surface area contributed by atoms with Crippen LogP contribution in [0.2, 0.25) is 0 Å². The third-order valence-electron chi connectivity index (χ3n) is 7.41. The zero-order valence-electron chi connectivity index (χ0n) is 18.5. The minimum atomic E-state index is -4.78. The number of anilines is 1. The number of halogens is 4. The van der Waals surface area contributed by atoms with Crippen LogP contribution in [0.5, 0.6) is 5.75 Å². The number of likely N-dealkylation sites (tertiary alicyclic amines) is 1. The van der Waals surface area contributed by atoms with Crippen molar-refractivity contribution >= 4 is 17.5 Å². The number of fused-ring (bicyclic) bond motifs is 3. The molecule has 0 aromatic heterocycles. The van der Waals surface area contributed by atoms with Gasteiger partial charge in [0.1, 0.15) is 18.0 Å². The van der Waals surface area contributed by atoms with Crippen LogP contribution in [0.25, 0.3) is 0 Å². The van der Waals surface area contributed by atoms with E-state index in [9.17, 15) is 27.2 Å². The Kier molecular flexibility index (Phi) is 6.46. The van der Waals surface area contributed by atoms with E-state index in [0.717, 1.165) is 12.1 Å². The fraction of sp³-hybridized carbons (Fsp3) is 0.609. The zero-order valence-corrected chi connectivity index (χ0v) is 18.5. The monoisotopic (exact) mass is 482 g/mol. The number of alkyl halides is 4. The van der Waals surface area contributed by atoms with Crippen molar-refractivity contribution in [1.82, 2.24) is 10.2 Å². The van der Waals surface area contributed by atoms with Crippen LogP contribution in [0.3, 0.4) is 0 Å². The number of carbonyl (C=O) groups is 2. The molecule has 5 rings (SSSR count). The molecule has 1 aliphatic heterocycles. The van der Waals surface area contributed by atoms with E-state index in [0.29, 0.717) is 44.2 Å². The lowest BCUT2D eigenvalue weighted by Gasteiger charge is -2.52. The molecule has 2 bridgehead atoms. The lowest BCUT2D eigenvalue weighted by atomic mass is 9.57. The van der Waals surface area contributed by atoms with Gasteiger partial charge in [-0.25, -0.2) is 4.39 Å². The van der Waals surface area contributed by atoms with E-state index < -0.39 is 24.0 Å². The van der Waals surface area contributed by atoms with E-state index >= 15 is 0 Å². The smallest absolute Gasteiger partial charge is 0.406 e. The first-order chi connectivity index (χ1) is 16.0. The molecule has 2 unspecified atom stereocenters. The minimum Gasteiger partial charge on any atom is -0.406 e. The molecule has 7 nitrogen and oxygen atoms in total. The van der Waals surface area contributed by atoms with Gasteiger partial charge in [-0.15, -0.1) is 13.2 Å². The Bertz CT molecular complexity index is 951. The summed E-state index contributed by atoms with van der Waals surface area (Å²) < 4.78 is 54.4. The van der Waals surface area contributed by atoms with Crippen LogP contribution >= 0.6 is 0 Å². The molecule has 3 aliphatic carbocycles. The number of hydrogen-bond donors (Lipinski definition) is 2. The number of amides is 2. The lowest BCUT2D eigenvalue weighted by Crippen LogP contribution is -2.59. The maximum absolute atomic E-state index is 13.6. The average Bonchev–Trinajstić information content (AvgIpc) is 3.20. The summed E-state index contributed by atoms with van der Waals surface area (Å²) in [5, 5.41) is 15.3. The topological polar surface area (TPSA) is 94.5 Å². The molecular weight excluding hydrogens is 456 g/mol. The molecule has 0 radical (unpaired) electrons. The summed E-state index contributed by atoms with van der Waals surface area (Å²) in [5.74, 6) is -0.815. The first-order valence-corrected chi connectivity index (χ1v) is 11.3. The highest BCUT2D eigenvalue weighted by molar-refractivity contribution is 5.95. The van der Waals surface area contributed by atoms with Gasteiger partial charge in [-0.05, 0) is 62.8 Å². The van der Waals surface area contributed by atoms with Gasteiger partial charge in [0, 0.05) is 23.1 Å². The van der Waals surface area contributed by atoms with Crippen LogP contribution in [0.15, 0.2) is 24.3 Å². The van der Waals surface area contributed by atoms with Crippen molar-refractivity contribution in [2.45, 2.75) is 69.1 Å². The number of rotatable bonds is 6. The fourth-order valence-electron chi connectivity index (χ4n) is 5.34. The first-order valence-electron chi connectivity index (χ1n) is 11.3. The van der Waals surface area contributed by atoms with E-state index in [4.69, 9.17) is 5.26 Å². The van der Waals surface area contributed by atoms with Crippen molar-refractivity contribution in [2.24, 2.45) is 5.41 Å². The normalized spacial score (nSPS) is 30.6. The molecule has 34 heavy (non-hydrogen) atoms. The van der Waals surface area contributed by atoms with E-state index in [1.165, 1.54) is 17.0 Å². The van der Waals surface area contributed by atoms with Crippen molar-refractivity contribution in [1.29, 1.82) is 5.26 Å². The SMILES string of the molecule is N#CC1CC(F)CN1C(=O)CNC12CCC(C(=O)Nc3ccc(OC(F)(F)F)cc3)(CC1)CC2. The molecule has 1 aromatic rings. The van der Waals surface area contributed by atoms with Crippen molar-refractivity contribution < 1.29 is 31.9 Å². The van der Waals surface area contributed by atoms with E-state index in [1.54, 1.807) is 0 Å². The van der Waals surface area contributed by atoms with Gasteiger partial charge < -0.3 is 20.3 Å². The molecule has 4 fully saturated rings. The maximum Gasteiger partial charge on any atom is 0.573 e. The first kappa shape index (κ1) is 24.3. The summed E-state index contributed by atoms with van der Waals surface area (Å²) in [4.78, 5) is 26.9. The van der Waals surface area contributed by atoms with Gasteiger partial charge in [-0.2, -0.15) is 5.26 Å². The van der Waals surface area contributed by atoms with E-state index in [1.807, 2.05) is 6.07 Å². The van der Waals surface area contributed by atoms with Crippen LogP contribution in [0.4, 0.5) is 23.2 Å². The van der Waals surface area contributed by atoms with Gasteiger partial charge in [0.05, 0.1) is 19.2 Å². The zero-order chi connectivity index (χ0) is 24.6. The third-order valence-corrected chi connectivity index (χ3v) is 7.41. The number of ether oxygens (including phenoxy) is 1. The Morgan fingerprint density at radius 3 is 2.29 bits per heavy atom. The van der Waals surface area contributed by atoms with Crippen LogP contribution < -0.4 is 15.4 Å². The molecule has 3 saturated carbocycles. The second-order valence-corrected chi connectivity index (χ2v) is 9.46. The number of nitrogens with one attached hydrogen (secondary N) is 2. The van der Waals surface area contributed by atoms with Crippen molar-refractivity contribution in [3.63, 3.8) is 0 Å². The van der Waals surface area contributed by atoms with Crippen molar-refractivity contribution in [3.05, 3.63) is 24.3 Å². The highest BCUT2D eigenvalue weighted by atomic mass is 19.4. The van der Waals surface area contributed by atoms with Gasteiger partial charge in [0.2, 0.25) is 11.8 Å². The summed E-state index contributed by atoms with van der Waals surface area (Å²) in [6.45, 7) is -0.0330. The fourth-order valence-corrected chi connectivity index (χ4v) is 5.34. The molecule has 2 atom stereocenters. The highest BCUT2D eigenvalue weighted by Gasteiger charge is 2.52. The van der Waals surface area contributed by atoms with Gasteiger partial charge in [-0.3, -0.25) is 9.59 Å². The second kappa shape index (κ2) is 9.06. The van der Waals surface area contributed by atoms with Gasteiger partial charge in [-0.1, -0.05) is 0 Å². The Labute approximate surface area is 194 Å². The lowest BCUT2D eigenvalue weighted by molar-refractivity contribution is -0.274. The van der Waals surface area contributed by atoms with Crippen molar-refractivity contribution in [2.75, 3.05) is 18.4 Å². The molecule has 0 spiro atoms. The van der Waals surface area contributed by atoms with Gasteiger partial charge in [0.25, 0.3) is 0 Å². The largest absolute Gasteiger partial charge is 0.573 e. The maximum atomic E-state index is 13.6. The quantitative estimate of drug-likeness (QED) is 0.604. The van der Waals surface area contributed by atoms with Crippen LogP contribution in [0, 0.1) is 16.7 Å². The second-order valence-electron chi connectivity index (χ2n) is 9.46. The summed E-state index contributed by atoms with van der Waals surface area (Å²) in [5.41, 5.74) is -0.439. The molecule has 1 aromatic carbocycles. The molecule has 184 valence electrons. The standard InChI is InChI=1S/C23H26F4N4O3/c24-15-11-17(12-28)31(14-15)19(32)13-29-22-8-5-21(6-9-22,7-10-22)20(33)30-16-1-3-18(4-2-16)34-23(25,26)27/h1-4,15,17,29H,5-11,13-14H2,(H,30,33). The summed E-state index contributed by atoms with van der Waals surface area (Å²) in [7, 11) is 0. The Morgan fingerprint density at radius 2 is 1.74 bits per heavy atom. The van der Waals surface area contributed by atoms with Crippen LogP contribution in [-0.4, -0.2) is 53.9 Å². The third kappa shape index (κ3) is 5.12. The summed E-state index contributed by atoms with van der Waals surface area (Å²) in [6, 6.07) is 6.29. The predicted octanol–water partition coefficient (Wildman–Crippen LogP) is 3.67.